The van der Waals surface area contributed by atoms with E-state index in [1.165, 1.54) is 0 Å². The van der Waals surface area contributed by atoms with Crippen molar-refractivity contribution in [3.05, 3.63) is 0 Å². The van der Waals surface area contributed by atoms with Gasteiger partial charge in [-0.3, -0.25) is 0 Å². The Morgan fingerprint density at radius 3 is 1.62 bits per heavy atom. The van der Waals surface area contributed by atoms with Crippen LogP contribution in [0.2, 0.25) is 0 Å². The molecule has 0 atom stereocenters. The third-order valence-electron chi connectivity index (χ3n) is 2.54. The van der Waals surface area contributed by atoms with E-state index in [9.17, 15) is 0 Å². The van der Waals surface area contributed by atoms with Crippen LogP contribution in [0.25, 0.3) is 0 Å². The summed E-state index contributed by atoms with van der Waals surface area (Å²) in [4.78, 5) is 0. The molecule has 0 saturated heterocycles. The van der Waals surface area contributed by atoms with Crippen LogP contribution in [0.3, 0.4) is 0 Å². The minimum Gasteiger partial charge on any atom is -0.329 e. The molecule has 0 aromatic carbocycles. The van der Waals surface area contributed by atoms with Crippen LogP contribution in [0.15, 0.2) is 0 Å². The topological polar surface area (TPSA) is 76.1 Å². The minimum absolute atomic E-state index is 0.0167. The summed E-state index contributed by atoms with van der Waals surface area (Å²) < 4.78 is 0. The van der Waals surface area contributed by atoms with Crippen LogP contribution >= 0.6 is 0 Å². The quantitative estimate of drug-likeness (QED) is 0.511. The first kappa shape index (κ1) is 15.8. The number of hydrogen-bond donors (Lipinski definition) is 4. The van der Waals surface area contributed by atoms with Crippen molar-refractivity contribution in [3.8, 4) is 0 Å². The fourth-order valence-corrected chi connectivity index (χ4v) is 1.06. The van der Waals surface area contributed by atoms with E-state index in [4.69, 9.17) is 11.5 Å². The van der Waals surface area contributed by atoms with Crippen LogP contribution in [0.4, 0.5) is 0 Å². The maximum Gasteiger partial charge on any atom is 0.0250 e. The molecule has 0 aliphatic rings. The lowest BCUT2D eigenvalue weighted by molar-refractivity contribution is 0.287. The van der Waals surface area contributed by atoms with Crippen molar-refractivity contribution >= 4 is 0 Å². The van der Waals surface area contributed by atoms with Gasteiger partial charge in [0.25, 0.3) is 0 Å². The number of nitrogens with two attached hydrogens (primary N) is 2. The molecule has 0 fully saturated rings. The highest BCUT2D eigenvalue weighted by Gasteiger charge is 2.23. The van der Waals surface area contributed by atoms with E-state index in [1.807, 2.05) is 13.8 Å². The van der Waals surface area contributed by atoms with Gasteiger partial charge in [0.05, 0.1) is 0 Å². The SMILES string of the molecule is CC(C)(N)CNC(C)(C)CNC(C)(C)CN. The molecule has 0 aliphatic carbocycles. The summed E-state index contributed by atoms with van der Waals surface area (Å²) in [6.07, 6.45) is 0. The van der Waals surface area contributed by atoms with Crippen molar-refractivity contribution in [1.82, 2.24) is 10.6 Å². The third kappa shape index (κ3) is 8.05. The van der Waals surface area contributed by atoms with E-state index in [-0.39, 0.29) is 16.6 Å². The summed E-state index contributed by atoms with van der Waals surface area (Å²) in [6, 6.07) is 0. The van der Waals surface area contributed by atoms with Gasteiger partial charge < -0.3 is 22.1 Å². The summed E-state index contributed by atoms with van der Waals surface area (Å²) in [5.41, 5.74) is 11.4. The zero-order chi connectivity index (χ0) is 13.0. The van der Waals surface area contributed by atoms with E-state index in [0.29, 0.717) is 6.54 Å². The van der Waals surface area contributed by atoms with E-state index in [0.717, 1.165) is 13.1 Å². The van der Waals surface area contributed by atoms with Gasteiger partial charge in [-0.15, -0.1) is 0 Å². The molecule has 0 aliphatic heterocycles. The zero-order valence-corrected chi connectivity index (χ0v) is 11.8. The van der Waals surface area contributed by atoms with Crippen molar-refractivity contribution < 1.29 is 0 Å². The van der Waals surface area contributed by atoms with Crippen LogP contribution in [0.1, 0.15) is 41.5 Å². The summed E-state index contributed by atoms with van der Waals surface area (Å²) in [6.45, 7) is 14.9. The molecule has 4 heteroatoms. The molecule has 98 valence electrons. The fourth-order valence-electron chi connectivity index (χ4n) is 1.06. The van der Waals surface area contributed by atoms with Gasteiger partial charge in [-0.1, -0.05) is 0 Å². The predicted molar refractivity (Wildman–Crippen MR) is 71.5 cm³/mol. The highest BCUT2D eigenvalue weighted by Crippen LogP contribution is 2.06. The molecule has 0 bridgehead atoms. The maximum absolute atomic E-state index is 5.95. The van der Waals surface area contributed by atoms with Gasteiger partial charge in [0.2, 0.25) is 0 Å². The zero-order valence-electron chi connectivity index (χ0n) is 11.8. The average molecular weight is 230 g/mol. The van der Waals surface area contributed by atoms with Gasteiger partial charge >= 0.3 is 0 Å². The van der Waals surface area contributed by atoms with Crippen LogP contribution < -0.4 is 22.1 Å². The smallest absolute Gasteiger partial charge is 0.0250 e. The van der Waals surface area contributed by atoms with Gasteiger partial charge in [-0.25, -0.2) is 0 Å². The molecule has 0 saturated carbocycles. The van der Waals surface area contributed by atoms with Gasteiger partial charge in [-0.2, -0.15) is 0 Å². The Kier molecular flexibility index (Phi) is 5.39. The Hall–Kier alpha value is -0.160. The molecule has 0 spiro atoms. The summed E-state index contributed by atoms with van der Waals surface area (Å²) in [5.74, 6) is 0. The molecule has 6 N–H and O–H groups in total. The maximum atomic E-state index is 5.95. The highest BCUT2D eigenvalue weighted by atomic mass is 15.1. The second-order valence-electron chi connectivity index (χ2n) is 6.67. The number of nitrogens with one attached hydrogen (secondary N) is 2. The summed E-state index contributed by atoms with van der Waals surface area (Å²) in [7, 11) is 0. The van der Waals surface area contributed by atoms with Gasteiger partial charge in [0.1, 0.15) is 0 Å². The normalized spacial score (nSPS) is 14.2. The molecule has 4 nitrogen and oxygen atoms in total. The fraction of sp³-hybridized carbons (Fsp3) is 1.00. The number of rotatable bonds is 7. The lowest BCUT2D eigenvalue weighted by Crippen LogP contribution is -2.58. The standard InChI is InChI=1S/C12H30N4/c1-10(2,14)8-15-12(5,6)9-16-11(3,4)7-13/h15-16H,7-9,13-14H2,1-6H3. The van der Waals surface area contributed by atoms with E-state index < -0.39 is 0 Å². The second-order valence-corrected chi connectivity index (χ2v) is 6.67. The molecule has 0 rings (SSSR count). The van der Waals surface area contributed by atoms with Crippen molar-refractivity contribution in [2.75, 3.05) is 19.6 Å². The third-order valence-corrected chi connectivity index (χ3v) is 2.54. The monoisotopic (exact) mass is 230 g/mol. The Balaban J connectivity index is 4.06. The Morgan fingerprint density at radius 1 is 0.812 bits per heavy atom. The molecular formula is C12H30N4. The molecule has 0 unspecified atom stereocenters. The van der Waals surface area contributed by atoms with Crippen LogP contribution in [0, 0.1) is 0 Å². The van der Waals surface area contributed by atoms with Crippen molar-refractivity contribution in [3.63, 3.8) is 0 Å². The van der Waals surface area contributed by atoms with E-state index in [1.54, 1.807) is 0 Å². The Morgan fingerprint density at radius 2 is 1.25 bits per heavy atom. The van der Waals surface area contributed by atoms with Crippen LogP contribution in [0.5, 0.6) is 0 Å². The molecular weight excluding hydrogens is 200 g/mol. The van der Waals surface area contributed by atoms with E-state index >= 15 is 0 Å². The van der Waals surface area contributed by atoms with Crippen LogP contribution in [-0.4, -0.2) is 36.3 Å². The molecule has 0 heterocycles. The Labute approximate surface area is 101 Å². The molecule has 0 aromatic rings. The average Bonchev–Trinajstić information content (AvgIpc) is 2.12. The van der Waals surface area contributed by atoms with Crippen LogP contribution in [-0.2, 0) is 0 Å². The lowest BCUT2D eigenvalue weighted by Gasteiger charge is -2.34. The largest absolute Gasteiger partial charge is 0.329 e. The predicted octanol–water partition coefficient (Wildman–Crippen LogP) is 0.419. The lowest BCUT2D eigenvalue weighted by atomic mass is 9.99. The molecule has 0 amide bonds. The molecule has 0 aromatic heterocycles. The summed E-state index contributed by atoms with van der Waals surface area (Å²) >= 11 is 0. The molecule has 0 radical (unpaired) electrons. The van der Waals surface area contributed by atoms with Crippen molar-refractivity contribution in [1.29, 1.82) is 0 Å². The van der Waals surface area contributed by atoms with Gasteiger partial charge in [-0.05, 0) is 41.5 Å². The Bertz CT molecular complexity index is 204. The van der Waals surface area contributed by atoms with E-state index in [2.05, 4.69) is 38.3 Å². The first-order valence-corrected chi connectivity index (χ1v) is 5.96. The van der Waals surface area contributed by atoms with Crippen molar-refractivity contribution in [2.45, 2.75) is 58.2 Å². The van der Waals surface area contributed by atoms with Crippen molar-refractivity contribution in [2.24, 2.45) is 11.5 Å². The van der Waals surface area contributed by atoms with Gasteiger partial charge in [0.15, 0.2) is 0 Å². The first-order valence-electron chi connectivity index (χ1n) is 5.96. The minimum atomic E-state index is -0.180. The molecule has 16 heavy (non-hydrogen) atoms. The number of hydrogen-bond acceptors (Lipinski definition) is 4. The first-order chi connectivity index (χ1) is 6.97. The summed E-state index contributed by atoms with van der Waals surface area (Å²) in [5, 5.41) is 6.92. The highest BCUT2D eigenvalue weighted by molar-refractivity contribution is 4.89. The van der Waals surface area contributed by atoms with Gasteiger partial charge in [0, 0.05) is 36.3 Å². The second kappa shape index (κ2) is 5.45.